The van der Waals surface area contributed by atoms with Gasteiger partial charge in [-0.3, -0.25) is 4.79 Å². The number of phenolic OH excluding ortho intramolecular Hbond substituents is 1. The van der Waals surface area contributed by atoms with Gasteiger partial charge in [-0.2, -0.15) is 0 Å². The number of carbonyl (C=O) groups is 1. The van der Waals surface area contributed by atoms with Crippen molar-refractivity contribution in [3.05, 3.63) is 45.9 Å². The number of hydrogen-bond acceptors (Lipinski definition) is 4. The zero-order valence-corrected chi connectivity index (χ0v) is 11.0. The Morgan fingerprint density at radius 2 is 2.17 bits per heavy atom. The van der Waals surface area contributed by atoms with Gasteiger partial charge < -0.3 is 10.4 Å². The second-order valence-electron chi connectivity index (χ2n) is 4.02. The quantitative estimate of drug-likeness (QED) is 0.894. The smallest absolute Gasteiger partial charge is 0.255 e. The topological polar surface area (TPSA) is 62.2 Å². The summed E-state index contributed by atoms with van der Waals surface area (Å²) in [7, 11) is 0. The minimum absolute atomic E-state index is 0.0162. The van der Waals surface area contributed by atoms with Crippen molar-refractivity contribution in [1.82, 2.24) is 10.3 Å². The first-order valence-corrected chi connectivity index (χ1v) is 6.41. The molecule has 1 atom stereocenters. The van der Waals surface area contributed by atoms with Crippen LogP contribution in [-0.4, -0.2) is 16.0 Å². The first kappa shape index (κ1) is 12.6. The van der Waals surface area contributed by atoms with Crippen LogP contribution in [0.3, 0.4) is 0 Å². The third kappa shape index (κ3) is 2.68. The van der Waals surface area contributed by atoms with Crippen LogP contribution in [0, 0.1) is 6.92 Å². The molecule has 0 bridgehead atoms. The average molecular weight is 262 g/mol. The van der Waals surface area contributed by atoms with Crippen molar-refractivity contribution in [2.24, 2.45) is 0 Å². The highest BCUT2D eigenvalue weighted by Crippen LogP contribution is 2.21. The fourth-order valence-corrected chi connectivity index (χ4v) is 2.35. The minimum atomic E-state index is -0.298. The Labute approximate surface area is 109 Å². The normalized spacial score (nSPS) is 12.1. The predicted octanol–water partition coefficient (Wildman–Crippen LogP) is 2.65. The van der Waals surface area contributed by atoms with Gasteiger partial charge in [-0.25, -0.2) is 4.98 Å². The molecule has 1 amide bonds. The molecule has 1 aromatic heterocycles. The van der Waals surface area contributed by atoms with E-state index in [9.17, 15) is 9.90 Å². The summed E-state index contributed by atoms with van der Waals surface area (Å²) in [6.07, 6.45) is 1.78. The van der Waals surface area contributed by atoms with E-state index < -0.39 is 0 Å². The van der Waals surface area contributed by atoms with E-state index in [1.807, 2.05) is 13.8 Å². The van der Waals surface area contributed by atoms with Crippen molar-refractivity contribution < 1.29 is 9.90 Å². The van der Waals surface area contributed by atoms with Gasteiger partial charge in [0.25, 0.3) is 5.91 Å². The number of hydrogen-bond donors (Lipinski definition) is 2. The summed E-state index contributed by atoms with van der Waals surface area (Å²) in [5.74, 6) is -0.314. The van der Waals surface area contributed by atoms with Gasteiger partial charge in [0.15, 0.2) is 0 Å². The number of aromatic hydroxyl groups is 1. The van der Waals surface area contributed by atoms with E-state index in [1.54, 1.807) is 35.7 Å². The molecule has 2 rings (SSSR count). The molecule has 0 aliphatic carbocycles. The largest absolute Gasteiger partial charge is 0.507 e. The molecule has 1 unspecified atom stereocenters. The Morgan fingerprint density at radius 1 is 1.44 bits per heavy atom. The molecule has 2 N–H and O–H groups in total. The minimum Gasteiger partial charge on any atom is -0.507 e. The Kier molecular flexibility index (Phi) is 3.62. The van der Waals surface area contributed by atoms with Crippen molar-refractivity contribution >= 4 is 17.2 Å². The zero-order valence-electron chi connectivity index (χ0n) is 10.2. The van der Waals surface area contributed by atoms with Crippen LogP contribution in [0.15, 0.2) is 30.5 Å². The molecule has 1 aromatic carbocycles. The summed E-state index contributed by atoms with van der Waals surface area (Å²) in [6, 6.07) is 6.31. The van der Waals surface area contributed by atoms with E-state index in [0.717, 1.165) is 9.88 Å². The fraction of sp³-hybridized carbons (Fsp3) is 0.231. The molecule has 0 saturated heterocycles. The number of thiazole rings is 1. The average Bonchev–Trinajstić information content (AvgIpc) is 2.76. The molecule has 5 heteroatoms. The number of nitrogens with one attached hydrogen (secondary N) is 1. The van der Waals surface area contributed by atoms with Gasteiger partial charge in [0.1, 0.15) is 10.8 Å². The first-order chi connectivity index (χ1) is 8.58. The third-order valence-corrected chi connectivity index (χ3v) is 3.60. The highest BCUT2D eigenvalue weighted by atomic mass is 32.1. The third-order valence-electron chi connectivity index (χ3n) is 2.51. The van der Waals surface area contributed by atoms with Gasteiger partial charge in [0.05, 0.1) is 11.6 Å². The highest BCUT2D eigenvalue weighted by molar-refractivity contribution is 7.11. The van der Waals surface area contributed by atoms with Crippen LogP contribution >= 0.6 is 11.3 Å². The van der Waals surface area contributed by atoms with Crippen LogP contribution in [0.2, 0.25) is 0 Å². The van der Waals surface area contributed by atoms with E-state index >= 15 is 0 Å². The summed E-state index contributed by atoms with van der Waals surface area (Å²) in [5.41, 5.74) is 0.276. The number of aromatic nitrogens is 1. The Balaban J connectivity index is 2.10. The van der Waals surface area contributed by atoms with Crippen molar-refractivity contribution in [2.45, 2.75) is 19.9 Å². The van der Waals surface area contributed by atoms with Gasteiger partial charge in [0.2, 0.25) is 0 Å². The molecule has 0 spiro atoms. The van der Waals surface area contributed by atoms with Crippen molar-refractivity contribution in [2.75, 3.05) is 0 Å². The lowest BCUT2D eigenvalue weighted by atomic mass is 10.2. The predicted molar refractivity (Wildman–Crippen MR) is 70.8 cm³/mol. The number of phenols is 1. The Hall–Kier alpha value is -1.88. The Bertz CT molecular complexity index is 566. The number of benzene rings is 1. The molecule has 0 fully saturated rings. The zero-order chi connectivity index (χ0) is 13.1. The van der Waals surface area contributed by atoms with Crippen molar-refractivity contribution in [3.8, 4) is 5.75 Å². The van der Waals surface area contributed by atoms with E-state index in [-0.39, 0.29) is 23.3 Å². The number of carbonyl (C=O) groups excluding carboxylic acids is 1. The number of amides is 1. The van der Waals surface area contributed by atoms with E-state index in [4.69, 9.17) is 0 Å². The molecule has 0 aliphatic heterocycles. The van der Waals surface area contributed by atoms with E-state index in [2.05, 4.69) is 10.3 Å². The van der Waals surface area contributed by atoms with Crippen LogP contribution in [-0.2, 0) is 0 Å². The number of aryl methyl sites for hydroxylation is 1. The summed E-state index contributed by atoms with van der Waals surface area (Å²) >= 11 is 1.55. The second kappa shape index (κ2) is 5.18. The van der Waals surface area contributed by atoms with E-state index in [1.165, 1.54) is 6.07 Å². The molecule has 0 radical (unpaired) electrons. The second-order valence-corrected chi connectivity index (χ2v) is 5.29. The fourth-order valence-electron chi connectivity index (χ4n) is 1.57. The van der Waals surface area contributed by atoms with E-state index in [0.29, 0.717) is 0 Å². The molecular weight excluding hydrogens is 248 g/mol. The number of nitrogens with zero attached hydrogens (tertiary/aromatic N) is 1. The highest BCUT2D eigenvalue weighted by Gasteiger charge is 2.16. The summed E-state index contributed by atoms with van der Waals surface area (Å²) < 4.78 is 0. The van der Waals surface area contributed by atoms with Crippen molar-refractivity contribution in [1.29, 1.82) is 0 Å². The molecule has 1 heterocycles. The lowest BCUT2D eigenvalue weighted by Crippen LogP contribution is -2.26. The maximum Gasteiger partial charge on any atom is 0.255 e. The number of rotatable bonds is 3. The summed E-state index contributed by atoms with van der Waals surface area (Å²) in [4.78, 5) is 17.3. The van der Waals surface area contributed by atoms with Crippen LogP contribution in [0.5, 0.6) is 5.75 Å². The van der Waals surface area contributed by atoms with Gasteiger partial charge >= 0.3 is 0 Å². The SMILES string of the molecule is Cc1cnc(C(C)NC(=O)c2ccccc2O)s1. The molecule has 18 heavy (non-hydrogen) atoms. The van der Waals surface area contributed by atoms with Crippen molar-refractivity contribution in [3.63, 3.8) is 0 Å². The molecule has 94 valence electrons. The summed E-state index contributed by atoms with van der Waals surface area (Å²) in [5, 5.41) is 13.3. The molecule has 0 aliphatic rings. The summed E-state index contributed by atoms with van der Waals surface area (Å²) in [6.45, 7) is 3.84. The Morgan fingerprint density at radius 3 is 2.78 bits per heavy atom. The maximum absolute atomic E-state index is 12.0. The maximum atomic E-state index is 12.0. The monoisotopic (exact) mass is 262 g/mol. The van der Waals surface area contributed by atoms with Gasteiger partial charge in [-0.05, 0) is 26.0 Å². The first-order valence-electron chi connectivity index (χ1n) is 5.59. The van der Waals surface area contributed by atoms with Gasteiger partial charge in [0, 0.05) is 11.1 Å². The standard InChI is InChI=1S/C13H14N2O2S/c1-8-7-14-13(18-8)9(2)15-12(17)10-5-3-4-6-11(10)16/h3-7,9,16H,1-2H3,(H,15,17). The molecule has 2 aromatic rings. The van der Waals surface area contributed by atoms with Crippen LogP contribution < -0.4 is 5.32 Å². The molecular formula is C13H14N2O2S. The van der Waals surface area contributed by atoms with Crippen LogP contribution in [0.25, 0.3) is 0 Å². The van der Waals surface area contributed by atoms with Crippen LogP contribution in [0.1, 0.15) is 33.2 Å². The van der Waals surface area contributed by atoms with Gasteiger partial charge in [-0.15, -0.1) is 11.3 Å². The van der Waals surface area contributed by atoms with Crippen LogP contribution in [0.4, 0.5) is 0 Å². The number of para-hydroxylation sites is 1. The molecule has 0 saturated carbocycles. The lowest BCUT2D eigenvalue weighted by molar-refractivity contribution is 0.0937. The van der Waals surface area contributed by atoms with Gasteiger partial charge in [-0.1, -0.05) is 12.1 Å². The lowest BCUT2D eigenvalue weighted by Gasteiger charge is -2.11. The molecule has 4 nitrogen and oxygen atoms in total.